The number of carbonyl (C=O) groups excluding carboxylic acids is 1. The number of nitrogens with one attached hydrogen (secondary N) is 2. The second-order valence-electron chi connectivity index (χ2n) is 3.17. The molecule has 0 radical (unpaired) electrons. The van der Waals surface area contributed by atoms with Crippen molar-refractivity contribution in [2.24, 2.45) is 5.92 Å². The minimum absolute atomic E-state index is 0.174. The zero-order valence-corrected chi connectivity index (χ0v) is 6.05. The molecule has 2 fully saturated rings. The van der Waals surface area contributed by atoms with Crippen LogP contribution in [-0.4, -0.2) is 24.5 Å². The van der Waals surface area contributed by atoms with Gasteiger partial charge in [-0.3, -0.25) is 4.79 Å². The molecule has 3 nitrogen and oxygen atoms in total. The second kappa shape index (κ2) is 1.95. The van der Waals surface area contributed by atoms with Gasteiger partial charge in [0.25, 0.3) is 0 Å². The Balaban J connectivity index is 2.16. The monoisotopic (exact) mass is 140 g/mol. The number of amides is 1. The summed E-state index contributed by atoms with van der Waals surface area (Å²) >= 11 is 0. The van der Waals surface area contributed by atoms with Gasteiger partial charge in [0.15, 0.2) is 0 Å². The van der Waals surface area contributed by atoms with E-state index in [2.05, 4.69) is 10.6 Å². The van der Waals surface area contributed by atoms with Crippen LogP contribution in [0.2, 0.25) is 0 Å². The van der Waals surface area contributed by atoms with Gasteiger partial charge in [0.2, 0.25) is 5.91 Å². The molecule has 2 aliphatic rings. The van der Waals surface area contributed by atoms with E-state index < -0.39 is 0 Å². The molecular weight excluding hydrogens is 128 g/mol. The van der Waals surface area contributed by atoms with E-state index in [9.17, 15) is 4.79 Å². The maximum absolute atomic E-state index is 11.0. The van der Waals surface area contributed by atoms with Crippen molar-refractivity contribution < 1.29 is 4.79 Å². The molecule has 0 bridgehead atoms. The molecule has 0 aromatic carbocycles. The fourth-order valence-corrected chi connectivity index (χ4v) is 1.89. The molecule has 0 aromatic rings. The SMILES string of the molecule is C[C@@H]1C(=O)N[C@H]2CCN[C@@H]21. The summed E-state index contributed by atoms with van der Waals surface area (Å²) < 4.78 is 0. The van der Waals surface area contributed by atoms with Crippen LogP contribution in [0.15, 0.2) is 0 Å². The van der Waals surface area contributed by atoms with Crippen LogP contribution < -0.4 is 10.6 Å². The second-order valence-corrected chi connectivity index (χ2v) is 3.17. The quantitative estimate of drug-likeness (QED) is 0.475. The molecule has 0 aliphatic carbocycles. The van der Waals surface area contributed by atoms with Gasteiger partial charge >= 0.3 is 0 Å². The molecule has 56 valence electrons. The summed E-state index contributed by atoms with van der Waals surface area (Å²) in [6.45, 7) is 3.04. The van der Waals surface area contributed by atoms with E-state index in [1.54, 1.807) is 0 Å². The molecule has 2 N–H and O–H groups in total. The van der Waals surface area contributed by atoms with Gasteiger partial charge in [0, 0.05) is 12.1 Å². The Kier molecular flexibility index (Phi) is 1.20. The number of fused-ring (bicyclic) bond motifs is 1. The molecule has 1 amide bonds. The van der Waals surface area contributed by atoms with Crippen molar-refractivity contribution in [3.05, 3.63) is 0 Å². The van der Waals surface area contributed by atoms with Crippen LogP contribution >= 0.6 is 0 Å². The lowest BCUT2D eigenvalue weighted by Crippen LogP contribution is -2.32. The lowest BCUT2D eigenvalue weighted by atomic mass is 10.0. The molecule has 2 rings (SSSR count). The zero-order valence-electron chi connectivity index (χ0n) is 6.05. The summed E-state index contributed by atoms with van der Waals surface area (Å²) in [6, 6.07) is 0.829. The Bertz CT molecular complexity index is 169. The molecule has 2 saturated heterocycles. The highest BCUT2D eigenvalue weighted by Gasteiger charge is 2.41. The predicted octanol–water partition coefficient (Wildman–Crippen LogP) is -0.517. The molecule has 10 heavy (non-hydrogen) atoms. The van der Waals surface area contributed by atoms with Crippen LogP contribution in [0.4, 0.5) is 0 Å². The highest BCUT2D eigenvalue weighted by atomic mass is 16.2. The lowest BCUT2D eigenvalue weighted by molar-refractivity contribution is -0.122. The minimum atomic E-state index is 0.174. The predicted molar refractivity (Wildman–Crippen MR) is 37.5 cm³/mol. The van der Waals surface area contributed by atoms with Crippen molar-refractivity contribution in [1.82, 2.24) is 10.6 Å². The summed E-state index contributed by atoms with van der Waals surface area (Å²) in [5.74, 6) is 0.384. The minimum Gasteiger partial charge on any atom is -0.351 e. The third-order valence-electron chi connectivity index (χ3n) is 2.55. The third-order valence-corrected chi connectivity index (χ3v) is 2.55. The molecule has 0 aromatic heterocycles. The standard InChI is InChI=1S/C7H12N2O/c1-4-6-5(2-3-8-6)9-7(4)10/h4-6,8H,2-3H2,1H3,(H,9,10)/t4-,5-,6+/m0/s1. The van der Waals surface area contributed by atoms with Crippen molar-refractivity contribution in [3.8, 4) is 0 Å². The Morgan fingerprint density at radius 1 is 1.60 bits per heavy atom. The van der Waals surface area contributed by atoms with E-state index in [0.717, 1.165) is 13.0 Å². The zero-order chi connectivity index (χ0) is 7.14. The Morgan fingerprint density at radius 2 is 2.40 bits per heavy atom. The normalized spacial score (nSPS) is 45.3. The summed E-state index contributed by atoms with van der Waals surface area (Å²) in [4.78, 5) is 11.0. The van der Waals surface area contributed by atoms with Crippen molar-refractivity contribution >= 4 is 5.91 Å². The van der Waals surface area contributed by atoms with E-state index >= 15 is 0 Å². The summed E-state index contributed by atoms with van der Waals surface area (Å²) in [5, 5.41) is 6.28. The first-order chi connectivity index (χ1) is 4.79. The third kappa shape index (κ3) is 0.669. The highest BCUT2D eigenvalue weighted by molar-refractivity contribution is 5.82. The lowest BCUT2D eigenvalue weighted by Gasteiger charge is -2.09. The van der Waals surface area contributed by atoms with E-state index in [4.69, 9.17) is 0 Å². The van der Waals surface area contributed by atoms with Crippen molar-refractivity contribution in [2.45, 2.75) is 25.4 Å². The van der Waals surface area contributed by atoms with Gasteiger partial charge in [-0.05, 0) is 13.0 Å². The van der Waals surface area contributed by atoms with Crippen molar-refractivity contribution in [2.75, 3.05) is 6.54 Å². The average molecular weight is 140 g/mol. The number of hydrogen-bond acceptors (Lipinski definition) is 2. The van der Waals surface area contributed by atoms with Crippen LogP contribution in [0.25, 0.3) is 0 Å². The molecular formula is C7H12N2O. The maximum atomic E-state index is 11.0. The first kappa shape index (κ1) is 6.16. The van der Waals surface area contributed by atoms with Crippen LogP contribution in [0.3, 0.4) is 0 Å². The van der Waals surface area contributed by atoms with Crippen LogP contribution in [0.1, 0.15) is 13.3 Å². The fourth-order valence-electron chi connectivity index (χ4n) is 1.89. The molecule has 3 heteroatoms. The van der Waals surface area contributed by atoms with Gasteiger partial charge in [-0.25, -0.2) is 0 Å². The summed E-state index contributed by atoms with van der Waals surface area (Å²) in [7, 11) is 0. The Hall–Kier alpha value is -0.570. The first-order valence-corrected chi connectivity index (χ1v) is 3.83. The number of rotatable bonds is 0. The van der Waals surface area contributed by atoms with Crippen LogP contribution in [0, 0.1) is 5.92 Å². The van der Waals surface area contributed by atoms with Gasteiger partial charge in [-0.2, -0.15) is 0 Å². The summed E-state index contributed by atoms with van der Waals surface area (Å²) in [6.07, 6.45) is 1.10. The Morgan fingerprint density at radius 3 is 3.10 bits per heavy atom. The van der Waals surface area contributed by atoms with Gasteiger partial charge < -0.3 is 10.6 Å². The smallest absolute Gasteiger partial charge is 0.224 e. The Labute approximate surface area is 60.2 Å². The van der Waals surface area contributed by atoms with Crippen LogP contribution in [0.5, 0.6) is 0 Å². The first-order valence-electron chi connectivity index (χ1n) is 3.83. The topological polar surface area (TPSA) is 41.1 Å². The molecule has 0 spiro atoms. The summed E-state index contributed by atoms with van der Waals surface area (Å²) in [5.41, 5.74) is 0. The molecule has 0 saturated carbocycles. The highest BCUT2D eigenvalue weighted by Crippen LogP contribution is 2.21. The average Bonchev–Trinajstić information content (AvgIpc) is 2.41. The fraction of sp³-hybridized carbons (Fsp3) is 0.857. The molecule has 3 atom stereocenters. The molecule has 2 heterocycles. The van der Waals surface area contributed by atoms with Gasteiger partial charge in [-0.15, -0.1) is 0 Å². The maximum Gasteiger partial charge on any atom is 0.224 e. The van der Waals surface area contributed by atoms with Crippen molar-refractivity contribution in [3.63, 3.8) is 0 Å². The van der Waals surface area contributed by atoms with Gasteiger partial charge in [0.1, 0.15) is 0 Å². The molecule has 2 aliphatic heterocycles. The van der Waals surface area contributed by atoms with E-state index in [-0.39, 0.29) is 11.8 Å². The van der Waals surface area contributed by atoms with Crippen molar-refractivity contribution in [1.29, 1.82) is 0 Å². The number of hydrogen-bond donors (Lipinski definition) is 2. The van der Waals surface area contributed by atoms with Gasteiger partial charge in [-0.1, -0.05) is 6.92 Å². The van der Waals surface area contributed by atoms with Gasteiger partial charge in [0.05, 0.1) is 5.92 Å². The van der Waals surface area contributed by atoms with E-state index in [1.807, 2.05) is 6.92 Å². The number of carbonyl (C=O) groups is 1. The van der Waals surface area contributed by atoms with E-state index in [1.165, 1.54) is 0 Å². The van der Waals surface area contributed by atoms with E-state index in [0.29, 0.717) is 12.1 Å². The molecule has 0 unspecified atom stereocenters. The van der Waals surface area contributed by atoms with Crippen LogP contribution in [-0.2, 0) is 4.79 Å². The largest absolute Gasteiger partial charge is 0.351 e.